The van der Waals surface area contributed by atoms with E-state index in [0.717, 1.165) is 5.56 Å². The normalized spacial score (nSPS) is 12.1. The fourth-order valence-electron chi connectivity index (χ4n) is 1.72. The van der Waals surface area contributed by atoms with Gasteiger partial charge in [-0.3, -0.25) is 0 Å². The van der Waals surface area contributed by atoms with E-state index in [9.17, 15) is 9.18 Å². The maximum atomic E-state index is 12.9. The molecule has 1 atom stereocenters. The number of aromatic carboxylic acids is 1. The minimum Gasteiger partial charge on any atom is -0.478 e. The summed E-state index contributed by atoms with van der Waals surface area (Å²) in [6, 6.07) is 12.7. The van der Waals surface area contributed by atoms with Crippen molar-refractivity contribution < 1.29 is 14.3 Å². The van der Waals surface area contributed by atoms with E-state index in [4.69, 9.17) is 5.11 Å². The number of carboxylic acid groups (broad SMARTS) is 1. The number of hydrogen-bond acceptors (Lipinski definition) is 1. The second-order valence-corrected chi connectivity index (χ2v) is 4.72. The van der Waals surface area contributed by atoms with Crippen LogP contribution in [0, 0.1) is 5.82 Å². The van der Waals surface area contributed by atoms with Crippen LogP contribution in [-0.2, 0) is 0 Å². The molecule has 0 saturated heterocycles. The van der Waals surface area contributed by atoms with Gasteiger partial charge in [0, 0.05) is 0 Å². The van der Waals surface area contributed by atoms with Crippen LogP contribution in [-0.4, -0.2) is 11.1 Å². The lowest BCUT2D eigenvalue weighted by atomic mass is 10.00. The molecule has 2 aromatic carbocycles. The predicted molar refractivity (Wildman–Crippen MR) is 70.6 cm³/mol. The lowest BCUT2D eigenvalue weighted by molar-refractivity contribution is 0.0696. The number of halogens is 2. The van der Waals surface area contributed by atoms with Gasteiger partial charge < -0.3 is 5.11 Å². The highest BCUT2D eigenvalue weighted by Gasteiger charge is 2.17. The van der Waals surface area contributed by atoms with Gasteiger partial charge in [-0.25, -0.2) is 9.18 Å². The molecule has 0 aliphatic rings. The Morgan fingerprint density at radius 2 is 1.72 bits per heavy atom. The minimum absolute atomic E-state index is 0.240. The zero-order valence-corrected chi connectivity index (χ0v) is 10.9. The number of carbonyl (C=O) groups is 1. The van der Waals surface area contributed by atoms with E-state index in [1.165, 1.54) is 12.1 Å². The summed E-state index contributed by atoms with van der Waals surface area (Å²) < 4.78 is 12.9. The van der Waals surface area contributed by atoms with Crippen molar-refractivity contribution in [3.63, 3.8) is 0 Å². The van der Waals surface area contributed by atoms with Crippen molar-refractivity contribution in [1.82, 2.24) is 0 Å². The van der Waals surface area contributed by atoms with Gasteiger partial charge in [-0.15, -0.1) is 0 Å². The topological polar surface area (TPSA) is 37.3 Å². The van der Waals surface area contributed by atoms with Crippen LogP contribution in [0.5, 0.6) is 0 Å². The molecule has 0 aromatic heterocycles. The second kappa shape index (κ2) is 5.31. The third kappa shape index (κ3) is 2.59. The fraction of sp³-hybridized carbons (Fsp3) is 0.0714. The van der Waals surface area contributed by atoms with Crippen molar-refractivity contribution >= 4 is 21.9 Å². The molecule has 0 aliphatic heterocycles. The van der Waals surface area contributed by atoms with Crippen LogP contribution in [0.4, 0.5) is 4.39 Å². The maximum Gasteiger partial charge on any atom is 0.336 e. The Balaban J connectivity index is 2.42. The number of alkyl halides is 1. The van der Waals surface area contributed by atoms with Crippen molar-refractivity contribution in [3.8, 4) is 0 Å². The first-order valence-corrected chi connectivity index (χ1v) is 6.23. The van der Waals surface area contributed by atoms with E-state index in [2.05, 4.69) is 15.9 Å². The van der Waals surface area contributed by atoms with Gasteiger partial charge >= 0.3 is 5.97 Å². The van der Waals surface area contributed by atoms with Crippen molar-refractivity contribution in [1.29, 1.82) is 0 Å². The molecule has 4 heteroatoms. The Hall–Kier alpha value is -1.68. The molecule has 2 rings (SSSR count). The fourth-order valence-corrected chi connectivity index (χ4v) is 2.43. The van der Waals surface area contributed by atoms with Gasteiger partial charge in [-0.05, 0) is 29.3 Å². The van der Waals surface area contributed by atoms with Gasteiger partial charge in [-0.1, -0.05) is 46.3 Å². The first kappa shape index (κ1) is 12.8. The SMILES string of the molecule is O=C(O)c1ccccc1[C@@H](Br)c1ccc(F)cc1. The molecule has 1 N–H and O–H groups in total. The maximum absolute atomic E-state index is 12.9. The smallest absolute Gasteiger partial charge is 0.336 e. The quantitative estimate of drug-likeness (QED) is 0.870. The van der Waals surface area contributed by atoms with Crippen LogP contribution < -0.4 is 0 Å². The standard InChI is InChI=1S/C14H10BrFO2/c15-13(9-5-7-10(16)8-6-9)11-3-1-2-4-12(11)14(17)18/h1-8,13H,(H,17,18)/t13-/m0/s1. The van der Waals surface area contributed by atoms with Crippen molar-refractivity contribution in [3.05, 3.63) is 71.0 Å². The molecule has 0 fully saturated rings. The molecular formula is C14H10BrFO2. The Morgan fingerprint density at radius 1 is 1.11 bits per heavy atom. The minimum atomic E-state index is -0.975. The first-order valence-electron chi connectivity index (χ1n) is 5.31. The summed E-state index contributed by atoms with van der Waals surface area (Å²) in [7, 11) is 0. The van der Waals surface area contributed by atoms with Crippen molar-refractivity contribution in [2.75, 3.05) is 0 Å². The number of hydrogen-bond donors (Lipinski definition) is 1. The van der Waals surface area contributed by atoms with E-state index in [1.54, 1.807) is 36.4 Å². The zero-order valence-electron chi connectivity index (χ0n) is 9.31. The van der Waals surface area contributed by atoms with Crippen LogP contribution in [0.3, 0.4) is 0 Å². The van der Waals surface area contributed by atoms with Gasteiger partial charge in [-0.2, -0.15) is 0 Å². The number of carboxylic acids is 1. The first-order chi connectivity index (χ1) is 8.59. The Morgan fingerprint density at radius 3 is 2.33 bits per heavy atom. The summed E-state index contributed by atoms with van der Waals surface area (Å²) in [6.07, 6.45) is 0. The molecule has 2 nitrogen and oxygen atoms in total. The highest BCUT2D eigenvalue weighted by atomic mass is 79.9. The highest BCUT2D eigenvalue weighted by molar-refractivity contribution is 9.09. The molecule has 0 radical (unpaired) electrons. The summed E-state index contributed by atoms with van der Waals surface area (Å²) in [5, 5.41) is 9.12. The predicted octanol–water partition coefficient (Wildman–Crippen LogP) is 4.01. The van der Waals surface area contributed by atoms with Crippen LogP contribution in [0.1, 0.15) is 26.3 Å². The van der Waals surface area contributed by atoms with E-state index in [0.29, 0.717) is 5.56 Å². The molecule has 0 spiro atoms. The molecule has 18 heavy (non-hydrogen) atoms. The molecule has 0 aliphatic carbocycles. The van der Waals surface area contributed by atoms with Gasteiger partial charge in [0.2, 0.25) is 0 Å². The lowest BCUT2D eigenvalue weighted by Gasteiger charge is -2.13. The summed E-state index contributed by atoms with van der Waals surface area (Å²) >= 11 is 3.45. The van der Waals surface area contributed by atoms with Crippen LogP contribution in [0.15, 0.2) is 48.5 Å². The van der Waals surface area contributed by atoms with Crippen LogP contribution in [0.2, 0.25) is 0 Å². The molecule has 0 amide bonds. The van der Waals surface area contributed by atoms with Crippen molar-refractivity contribution in [2.24, 2.45) is 0 Å². The Bertz CT molecular complexity index is 566. The average molecular weight is 309 g/mol. The summed E-state index contributed by atoms with van der Waals surface area (Å²) in [4.78, 5) is 10.9. The van der Waals surface area contributed by atoms with Crippen LogP contribution in [0.25, 0.3) is 0 Å². The largest absolute Gasteiger partial charge is 0.478 e. The molecule has 0 heterocycles. The van der Waals surface area contributed by atoms with Gasteiger partial charge in [0.25, 0.3) is 0 Å². The summed E-state index contributed by atoms with van der Waals surface area (Å²) in [5.74, 6) is -1.29. The number of rotatable bonds is 3. The van der Waals surface area contributed by atoms with E-state index < -0.39 is 5.97 Å². The summed E-state index contributed by atoms with van der Waals surface area (Å²) in [6.45, 7) is 0. The molecule has 2 aromatic rings. The monoisotopic (exact) mass is 308 g/mol. The molecule has 0 bridgehead atoms. The Labute approximate surface area is 112 Å². The van der Waals surface area contributed by atoms with Gasteiger partial charge in [0.1, 0.15) is 5.82 Å². The van der Waals surface area contributed by atoms with Gasteiger partial charge in [0.15, 0.2) is 0 Å². The van der Waals surface area contributed by atoms with Gasteiger partial charge in [0.05, 0.1) is 10.4 Å². The second-order valence-electron chi connectivity index (χ2n) is 3.81. The molecule has 0 saturated carbocycles. The van der Waals surface area contributed by atoms with E-state index >= 15 is 0 Å². The average Bonchev–Trinajstić information content (AvgIpc) is 2.39. The molecule has 92 valence electrons. The number of benzene rings is 2. The summed E-state index contributed by atoms with van der Waals surface area (Å²) in [5.41, 5.74) is 1.70. The third-order valence-electron chi connectivity index (χ3n) is 2.63. The molecular weight excluding hydrogens is 299 g/mol. The highest BCUT2D eigenvalue weighted by Crippen LogP contribution is 2.32. The lowest BCUT2D eigenvalue weighted by Crippen LogP contribution is -2.04. The Kier molecular flexibility index (Phi) is 3.77. The van der Waals surface area contributed by atoms with E-state index in [-0.39, 0.29) is 16.2 Å². The van der Waals surface area contributed by atoms with Crippen LogP contribution >= 0.6 is 15.9 Å². The molecule has 0 unspecified atom stereocenters. The van der Waals surface area contributed by atoms with Crippen molar-refractivity contribution in [2.45, 2.75) is 4.83 Å². The third-order valence-corrected chi connectivity index (χ3v) is 3.65. The zero-order chi connectivity index (χ0) is 13.1. The van der Waals surface area contributed by atoms with E-state index in [1.807, 2.05) is 0 Å².